The molecule has 0 bridgehead atoms. The Kier molecular flexibility index (Phi) is 8.41. The van der Waals surface area contributed by atoms with Gasteiger partial charge in [0, 0.05) is 25.3 Å². The fourth-order valence-electron chi connectivity index (χ4n) is 0.504. The summed E-state index contributed by atoms with van der Waals surface area (Å²) >= 11 is 4.89. The van der Waals surface area contributed by atoms with Crippen LogP contribution in [0.5, 0.6) is 0 Å². The van der Waals surface area contributed by atoms with E-state index in [2.05, 4.69) is 6.58 Å². The van der Waals surface area contributed by atoms with Gasteiger partial charge in [0.25, 0.3) is 0 Å². The number of rotatable bonds is 0. The smallest absolute Gasteiger partial charge is 0.779 e. The fourth-order valence-corrected chi connectivity index (χ4v) is 0.650. The molecule has 1 aliphatic carbocycles. The van der Waals surface area contributed by atoms with E-state index in [-0.39, 0.29) is 37.7 Å². The minimum atomic E-state index is 0. The Morgan fingerprint density at radius 2 is 1.90 bits per heavy atom. The molecular weight excluding hydrogens is 130 g/mol. The molecule has 0 fully saturated rings. The minimum Gasteiger partial charge on any atom is -0.779 e. The van der Waals surface area contributed by atoms with Crippen molar-refractivity contribution in [3.63, 3.8) is 0 Å². The van der Waals surface area contributed by atoms with Gasteiger partial charge in [0.2, 0.25) is 0 Å². The third kappa shape index (κ3) is 3.72. The van der Waals surface area contributed by atoms with Crippen LogP contribution in [-0.2, 0) is 12.6 Å². The van der Waals surface area contributed by atoms with Crippen molar-refractivity contribution in [2.45, 2.75) is 0 Å². The van der Waals surface area contributed by atoms with Gasteiger partial charge in [-0.05, 0) is 0 Å². The molecule has 0 aromatic rings. The summed E-state index contributed by atoms with van der Waals surface area (Å²) in [5.74, 6) is 0. The molecule has 0 amide bonds. The zero-order valence-electron chi connectivity index (χ0n) is 6.42. The molecule has 0 aliphatic heterocycles. The van der Waals surface area contributed by atoms with Crippen molar-refractivity contribution >= 4 is 31.5 Å². The predicted octanol–water partition coefficient (Wildman–Crippen LogP) is -1.63. The quantitative estimate of drug-likeness (QED) is 0.284. The summed E-state index contributed by atoms with van der Waals surface area (Å²) < 4.78 is 0. The standard InChI is InChI=1S/C7H7S.2Li/c1-6-4-2-3-5-7(6)8;;/h2-5,8H,1H2;;/q;;+1/p-1. The molecule has 0 saturated heterocycles. The van der Waals surface area contributed by atoms with Crippen LogP contribution in [-0.4, -0.2) is 18.9 Å². The molecule has 0 heterocycles. The normalized spacial score (nSPS) is 14.8. The van der Waals surface area contributed by atoms with Crippen molar-refractivity contribution in [3.05, 3.63) is 41.7 Å². The second-order valence-corrected chi connectivity index (χ2v) is 2.05. The SMILES string of the molecule is C=C1[CH]C=CC=C1[S-].[Li+].[Li]. The number of hydrogen-bond donors (Lipinski definition) is 0. The molecule has 10 heavy (non-hydrogen) atoms. The van der Waals surface area contributed by atoms with E-state index in [0.717, 1.165) is 10.5 Å². The van der Waals surface area contributed by atoms with E-state index < -0.39 is 0 Å². The average molecular weight is 136 g/mol. The Morgan fingerprint density at radius 1 is 1.30 bits per heavy atom. The fraction of sp³-hybridized carbons (Fsp3) is 0. The van der Waals surface area contributed by atoms with Crippen LogP contribution in [0.15, 0.2) is 35.3 Å². The third-order valence-electron chi connectivity index (χ3n) is 0.973. The maximum atomic E-state index is 4.89. The molecule has 3 heteroatoms. The molecule has 2 radical (unpaired) electrons. The molecule has 0 atom stereocenters. The van der Waals surface area contributed by atoms with Gasteiger partial charge >= 0.3 is 18.9 Å². The molecule has 0 spiro atoms. The maximum absolute atomic E-state index is 4.89. The first kappa shape index (κ1) is 13.2. The summed E-state index contributed by atoms with van der Waals surface area (Å²) in [4.78, 5) is 0.840. The van der Waals surface area contributed by atoms with Gasteiger partial charge in [-0.2, -0.15) is 4.91 Å². The second-order valence-electron chi connectivity index (χ2n) is 1.61. The van der Waals surface area contributed by atoms with E-state index in [1.54, 1.807) is 0 Å². The average Bonchev–Trinajstić information content (AvgIpc) is 1.77. The Balaban J connectivity index is 0. The van der Waals surface area contributed by atoms with Crippen LogP contribution in [0.1, 0.15) is 0 Å². The summed E-state index contributed by atoms with van der Waals surface area (Å²) in [6.45, 7) is 3.72. The molecule has 0 aromatic heterocycles. The van der Waals surface area contributed by atoms with Crippen molar-refractivity contribution in [1.29, 1.82) is 0 Å². The first-order valence-corrected chi connectivity index (χ1v) is 2.79. The van der Waals surface area contributed by atoms with Crippen LogP contribution in [0.25, 0.3) is 0 Å². The van der Waals surface area contributed by atoms with Gasteiger partial charge in [-0.15, -0.1) is 0 Å². The summed E-state index contributed by atoms with van der Waals surface area (Å²) in [7, 11) is 0. The molecule has 1 aliphatic rings. The molecule has 0 saturated carbocycles. The van der Waals surface area contributed by atoms with Gasteiger partial charge in [-0.25, -0.2) is 0 Å². The minimum absolute atomic E-state index is 0. The summed E-state index contributed by atoms with van der Waals surface area (Å²) in [5, 5.41) is 0. The third-order valence-corrected chi connectivity index (χ3v) is 1.37. The van der Waals surface area contributed by atoms with Crippen molar-refractivity contribution in [2.75, 3.05) is 0 Å². The number of allylic oxidation sites excluding steroid dienone is 4. The Morgan fingerprint density at radius 3 is 2.20 bits per heavy atom. The first-order valence-electron chi connectivity index (χ1n) is 2.39. The van der Waals surface area contributed by atoms with Gasteiger partial charge in [0.15, 0.2) is 0 Å². The van der Waals surface area contributed by atoms with Crippen molar-refractivity contribution in [3.8, 4) is 0 Å². The zero-order valence-corrected chi connectivity index (χ0v) is 7.24. The van der Waals surface area contributed by atoms with Crippen molar-refractivity contribution < 1.29 is 18.9 Å². The van der Waals surface area contributed by atoms with E-state index in [9.17, 15) is 0 Å². The van der Waals surface area contributed by atoms with Crippen LogP contribution < -0.4 is 18.9 Å². The first-order chi connectivity index (χ1) is 3.80. The molecule has 0 nitrogen and oxygen atoms in total. The van der Waals surface area contributed by atoms with Crippen LogP contribution in [0, 0.1) is 6.42 Å². The van der Waals surface area contributed by atoms with Crippen LogP contribution in [0.4, 0.5) is 0 Å². The van der Waals surface area contributed by atoms with E-state index in [4.69, 9.17) is 12.6 Å². The van der Waals surface area contributed by atoms with Crippen LogP contribution in [0.2, 0.25) is 0 Å². The van der Waals surface area contributed by atoms with Gasteiger partial charge in [0.05, 0.1) is 0 Å². The maximum Gasteiger partial charge on any atom is 1.00 e. The van der Waals surface area contributed by atoms with Gasteiger partial charge in [-0.1, -0.05) is 30.4 Å². The van der Waals surface area contributed by atoms with E-state index in [0.29, 0.717) is 0 Å². The summed E-state index contributed by atoms with van der Waals surface area (Å²) in [5.41, 5.74) is 0.933. The predicted molar refractivity (Wildman–Crippen MR) is 43.8 cm³/mol. The monoisotopic (exact) mass is 136 g/mol. The van der Waals surface area contributed by atoms with Gasteiger partial charge < -0.3 is 12.6 Å². The molecule has 0 unspecified atom stereocenters. The molecule has 0 N–H and O–H groups in total. The Hall–Kier alpha value is 0.635. The largest absolute Gasteiger partial charge is 1.00 e. The van der Waals surface area contributed by atoms with Crippen LogP contribution in [0.3, 0.4) is 0 Å². The molecule has 0 aromatic carbocycles. The molecular formula is C7H6Li2S. The Labute approximate surface area is 91.6 Å². The van der Waals surface area contributed by atoms with Crippen molar-refractivity contribution in [1.82, 2.24) is 0 Å². The molecule has 42 valence electrons. The van der Waals surface area contributed by atoms with E-state index >= 15 is 0 Å². The summed E-state index contributed by atoms with van der Waals surface area (Å²) in [6, 6.07) is 0. The topological polar surface area (TPSA) is 0 Å². The second kappa shape index (κ2) is 6.35. The number of hydrogen-bond acceptors (Lipinski definition) is 1. The Bertz CT molecular complexity index is 170. The van der Waals surface area contributed by atoms with Gasteiger partial charge in [0.1, 0.15) is 0 Å². The molecule has 1 rings (SSSR count). The van der Waals surface area contributed by atoms with E-state index in [1.807, 2.05) is 24.6 Å². The van der Waals surface area contributed by atoms with Gasteiger partial charge in [-0.3, -0.25) is 0 Å². The van der Waals surface area contributed by atoms with Crippen molar-refractivity contribution in [2.24, 2.45) is 0 Å². The zero-order chi connectivity index (χ0) is 5.98. The van der Waals surface area contributed by atoms with Crippen LogP contribution >= 0.6 is 0 Å². The van der Waals surface area contributed by atoms with E-state index in [1.165, 1.54) is 0 Å². The summed E-state index contributed by atoms with van der Waals surface area (Å²) in [6.07, 6.45) is 7.62.